The molecule has 0 N–H and O–H groups in total. The van der Waals surface area contributed by atoms with Crippen LogP contribution in [-0.2, 0) is 12.4 Å². The summed E-state index contributed by atoms with van der Waals surface area (Å²) in [5, 5.41) is 1.09. The summed E-state index contributed by atoms with van der Waals surface area (Å²) >= 11 is 7.75. The molecule has 0 atom stereocenters. The van der Waals surface area contributed by atoms with Gasteiger partial charge in [-0.15, -0.1) is 22.9 Å². The number of alkyl halides is 1. The summed E-state index contributed by atoms with van der Waals surface area (Å²) in [7, 11) is 0. The highest BCUT2D eigenvalue weighted by Gasteiger charge is 2.12. The van der Waals surface area contributed by atoms with E-state index in [0.717, 1.165) is 22.9 Å². The largest absolute Gasteiger partial charge is 0.321 e. The topological polar surface area (TPSA) is 30.7 Å². The Bertz CT molecular complexity index is 729. The molecule has 3 nitrogen and oxygen atoms in total. The van der Waals surface area contributed by atoms with Crippen LogP contribution in [0.4, 0.5) is 0 Å². The molecule has 0 aliphatic carbocycles. The van der Waals surface area contributed by atoms with Crippen LogP contribution < -0.4 is 0 Å². The Morgan fingerprint density at radius 2 is 2.16 bits per heavy atom. The summed E-state index contributed by atoms with van der Waals surface area (Å²) in [4.78, 5) is 10.1. The number of halogens is 1. The minimum absolute atomic E-state index is 0.423. The van der Waals surface area contributed by atoms with Crippen molar-refractivity contribution in [3.05, 3.63) is 45.7 Å². The molecule has 3 aromatic rings. The van der Waals surface area contributed by atoms with Gasteiger partial charge in [0.05, 0.1) is 28.5 Å². The molecule has 0 saturated heterocycles. The Morgan fingerprint density at radius 3 is 2.84 bits per heavy atom. The van der Waals surface area contributed by atoms with E-state index >= 15 is 0 Å². The Balaban J connectivity index is 2.15. The molecular weight excluding hydrogens is 278 g/mol. The van der Waals surface area contributed by atoms with Crippen LogP contribution in [0.25, 0.3) is 11.0 Å². The van der Waals surface area contributed by atoms with Gasteiger partial charge in [0.1, 0.15) is 5.82 Å². The number of hydrogen-bond donors (Lipinski definition) is 0. The predicted molar refractivity (Wildman–Crippen MR) is 80.0 cm³/mol. The van der Waals surface area contributed by atoms with Crippen molar-refractivity contribution in [2.24, 2.45) is 0 Å². The number of fused-ring (bicyclic) bond motifs is 1. The van der Waals surface area contributed by atoms with Crippen LogP contribution in [0, 0.1) is 13.8 Å². The van der Waals surface area contributed by atoms with Crippen LogP contribution in [0.5, 0.6) is 0 Å². The molecule has 1 aromatic carbocycles. The molecule has 0 spiro atoms. The van der Waals surface area contributed by atoms with Gasteiger partial charge < -0.3 is 4.57 Å². The minimum atomic E-state index is 0.423. The van der Waals surface area contributed by atoms with E-state index < -0.39 is 0 Å². The standard InChI is InChI=1S/C14H14ClN3S/c1-9-4-3-5-12-14(9)18(13(6-15)17-12)8-11-7-16-10(2)19-11/h3-5,7H,6,8H2,1-2H3. The van der Waals surface area contributed by atoms with Crippen molar-refractivity contribution in [3.63, 3.8) is 0 Å². The Hall–Kier alpha value is -1.39. The molecule has 2 aromatic heterocycles. The first-order valence-electron chi connectivity index (χ1n) is 6.11. The SMILES string of the molecule is Cc1ncc(Cn2c(CCl)nc3cccc(C)c32)s1. The maximum atomic E-state index is 6.03. The number of hydrogen-bond acceptors (Lipinski definition) is 3. The summed E-state index contributed by atoms with van der Waals surface area (Å²) in [5.41, 5.74) is 3.41. The maximum Gasteiger partial charge on any atom is 0.125 e. The second-order valence-electron chi connectivity index (χ2n) is 4.54. The summed E-state index contributed by atoms with van der Waals surface area (Å²) < 4.78 is 2.20. The summed E-state index contributed by atoms with van der Waals surface area (Å²) in [6.07, 6.45) is 1.93. The van der Waals surface area contributed by atoms with Crippen LogP contribution >= 0.6 is 22.9 Å². The van der Waals surface area contributed by atoms with Gasteiger partial charge in [-0.3, -0.25) is 0 Å². The number of rotatable bonds is 3. The first-order valence-corrected chi connectivity index (χ1v) is 7.46. The number of aryl methyl sites for hydroxylation is 2. The van der Waals surface area contributed by atoms with Crippen LogP contribution in [0.2, 0.25) is 0 Å². The molecule has 0 fully saturated rings. The predicted octanol–water partition coefficient (Wildman–Crippen LogP) is 3.90. The highest BCUT2D eigenvalue weighted by Crippen LogP contribution is 2.24. The van der Waals surface area contributed by atoms with E-state index in [1.807, 2.05) is 25.3 Å². The van der Waals surface area contributed by atoms with Crippen molar-refractivity contribution in [3.8, 4) is 0 Å². The number of aromatic nitrogens is 3. The third kappa shape index (κ3) is 2.26. The zero-order valence-electron chi connectivity index (χ0n) is 10.9. The molecule has 0 amide bonds. The first-order chi connectivity index (χ1) is 9.19. The number of thiazole rings is 1. The number of benzene rings is 1. The monoisotopic (exact) mass is 291 g/mol. The molecule has 3 rings (SSSR count). The lowest BCUT2D eigenvalue weighted by Crippen LogP contribution is -2.03. The van der Waals surface area contributed by atoms with Crippen molar-refractivity contribution in [1.82, 2.24) is 14.5 Å². The van der Waals surface area contributed by atoms with Gasteiger partial charge in [0.2, 0.25) is 0 Å². The number of imidazole rings is 1. The van der Waals surface area contributed by atoms with Gasteiger partial charge in [-0.05, 0) is 25.5 Å². The van der Waals surface area contributed by atoms with Crippen molar-refractivity contribution >= 4 is 34.0 Å². The molecule has 0 bridgehead atoms. The van der Waals surface area contributed by atoms with E-state index in [1.54, 1.807) is 11.3 Å². The summed E-state index contributed by atoms with van der Waals surface area (Å²) in [6.45, 7) is 4.92. The second-order valence-corrected chi connectivity index (χ2v) is 6.12. The molecule has 0 unspecified atom stereocenters. The lowest BCUT2D eigenvalue weighted by Gasteiger charge is -2.07. The zero-order chi connectivity index (χ0) is 13.4. The second kappa shape index (κ2) is 4.94. The normalized spacial score (nSPS) is 11.3. The van der Waals surface area contributed by atoms with Crippen molar-refractivity contribution in [2.75, 3.05) is 0 Å². The smallest absolute Gasteiger partial charge is 0.125 e. The van der Waals surface area contributed by atoms with Gasteiger partial charge in [0, 0.05) is 11.1 Å². The Labute approximate surface area is 120 Å². The van der Waals surface area contributed by atoms with Crippen molar-refractivity contribution in [1.29, 1.82) is 0 Å². The van der Waals surface area contributed by atoms with E-state index in [2.05, 4.69) is 27.5 Å². The third-order valence-electron chi connectivity index (χ3n) is 3.15. The van der Waals surface area contributed by atoms with Gasteiger partial charge >= 0.3 is 0 Å². The molecule has 0 radical (unpaired) electrons. The van der Waals surface area contributed by atoms with Gasteiger partial charge in [0.25, 0.3) is 0 Å². The number of nitrogens with zero attached hydrogens (tertiary/aromatic N) is 3. The fourth-order valence-corrected chi connectivity index (χ4v) is 3.31. The molecule has 2 heterocycles. The lowest BCUT2D eigenvalue weighted by atomic mass is 10.2. The molecule has 0 aliphatic rings. The van der Waals surface area contributed by atoms with Crippen LogP contribution in [0.1, 0.15) is 21.3 Å². The zero-order valence-corrected chi connectivity index (χ0v) is 12.4. The van der Waals surface area contributed by atoms with Crippen LogP contribution in [-0.4, -0.2) is 14.5 Å². The van der Waals surface area contributed by atoms with E-state index in [9.17, 15) is 0 Å². The molecule has 98 valence electrons. The molecule has 5 heteroatoms. The quantitative estimate of drug-likeness (QED) is 0.685. The third-order valence-corrected chi connectivity index (χ3v) is 4.29. The molecule has 0 aliphatic heterocycles. The molecular formula is C14H14ClN3S. The lowest BCUT2D eigenvalue weighted by molar-refractivity contribution is 0.786. The van der Waals surface area contributed by atoms with E-state index in [-0.39, 0.29) is 0 Å². The van der Waals surface area contributed by atoms with Gasteiger partial charge in [-0.2, -0.15) is 0 Å². The van der Waals surface area contributed by atoms with Crippen molar-refractivity contribution in [2.45, 2.75) is 26.3 Å². The van der Waals surface area contributed by atoms with E-state index in [0.29, 0.717) is 5.88 Å². The maximum absolute atomic E-state index is 6.03. The van der Waals surface area contributed by atoms with Crippen LogP contribution in [0.3, 0.4) is 0 Å². The van der Waals surface area contributed by atoms with Crippen molar-refractivity contribution < 1.29 is 0 Å². The van der Waals surface area contributed by atoms with Gasteiger partial charge in [-0.25, -0.2) is 9.97 Å². The highest BCUT2D eigenvalue weighted by atomic mass is 35.5. The molecule has 0 saturated carbocycles. The Morgan fingerprint density at radius 1 is 1.32 bits per heavy atom. The summed E-state index contributed by atoms with van der Waals surface area (Å²) in [5.74, 6) is 1.34. The summed E-state index contributed by atoms with van der Waals surface area (Å²) in [6, 6.07) is 6.17. The molecule has 19 heavy (non-hydrogen) atoms. The van der Waals surface area contributed by atoms with E-state index in [1.165, 1.54) is 16.0 Å². The highest BCUT2D eigenvalue weighted by molar-refractivity contribution is 7.11. The first kappa shape index (κ1) is 12.6. The van der Waals surface area contributed by atoms with Gasteiger partial charge in [0.15, 0.2) is 0 Å². The number of para-hydroxylation sites is 1. The van der Waals surface area contributed by atoms with Crippen LogP contribution in [0.15, 0.2) is 24.4 Å². The van der Waals surface area contributed by atoms with E-state index in [4.69, 9.17) is 11.6 Å². The van der Waals surface area contributed by atoms with Gasteiger partial charge in [-0.1, -0.05) is 12.1 Å². The average Bonchev–Trinajstić information content (AvgIpc) is 2.95. The fraction of sp³-hybridized carbons (Fsp3) is 0.286. The Kier molecular flexibility index (Phi) is 3.29. The minimum Gasteiger partial charge on any atom is -0.321 e. The average molecular weight is 292 g/mol. The fourth-order valence-electron chi connectivity index (χ4n) is 2.32.